The Kier molecular flexibility index (Phi) is 12.2. The Labute approximate surface area is 201 Å². The molecule has 172 valence electrons. The lowest BCUT2D eigenvalue weighted by Crippen LogP contribution is -2.38. The van der Waals surface area contributed by atoms with Gasteiger partial charge in [0.05, 0.1) is 25.9 Å². The highest BCUT2D eigenvalue weighted by molar-refractivity contribution is 14.0. The van der Waals surface area contributed by atoms with E-state index in [1.165, 1.54) is 6.07 Å². The molecule has 0 heterocycles. The molecule has 0 radical (unpaired) electrons. The van der Waals surface area contributed by atoms with Crippen LogP contribution >= 0.6 is 24.0 Å². The van der Waals surface area contributed by atoms with Gasteiger partial charge in [-0.15, -0.1) is 24.0 Å². The summed E-state index contributed by atoms with van der Waals surface area (Å²) in [5, 5.41) is 6.64. The second kappa shape index (κ2) is 14.1. The quantitative estimate of drug-likeness (QED) is 0.255. The van der Waals surface area contributed by atoms with Crippen LogP contribution in [-0.4, -0.2) is 33.3 Å². The Hall–Kier alpha value is -2.07. The number of guanidine groups is 1. The van der Waals surface area contributed by atoms with Gasteiger partial charge < -0.3 is 24.8 Å². The molecule has 1 atom stereocenters. The molecule has 0 bridgehead atoms. The van der Waals surface area contributed by atoms with Gasteiger partial charge in [0, 0.05) is 26.3 Å². The van der Waals surface area contributed by atoms with Crippen molar-refractivity contribution in [2.24, 2.45) is 4.99 Å². The molecular weight excluding hydrogens is 512 g/mol. The van der Waals surface area contributed by atoms with Gasteiger partial charge in [0.2, 0.25) is 0 Å². The number of nitrogens with one attached hydrogen (secondary N) is 2. The molecule has 0 fully saturated rings. The van der Waals surface area contributed by atoms with Crippen molar-refractivity contribution in [2.75, 3.05) is 27.4 Å². The molecule has 0 aromatic heterocycles. The van der Waals surface area contributed by atoms with E-state index in [9.17, 15) is 4.39 Å². The average molecular weight is 545 g/mol. The fourth-order valence-electron chi connectivity index (χ4n) is 3.01. The van der Waals surface area contributed by atoms with Crippen molar-refractivity contribution in [1.82, 2.24) is 10.6 Å². The standard InChI is InChI=1S/C23H32FN3O3.HI/c1-6-29-21-11-9-18(13-22(21)30-7-2)16(3)27-23(25-4)26-14-17-8-10-20(24)19(12-17)15-28-5;/h8-13,16H,6-7,14-15H2,1-5H3,(H2,25,26,27);1H. The van der Waals surface area contributed by atoms with Gasteiger partial charge in [-0.1, -0.05) is 12.1 Å². The highest BCUT2D eigenvalue weighted by atomic mass is 127. The highest BCUT2D eigenvalue weighted by Crippen LogP contribution is 2.30. The summed E-state index contributed by atoms with van der Waals surface area (Å²) in [7, 11) is 3.27. The van der Waals surface area contributed by atoms with E-state index < -0.39 is 0 Å². The third-order valence-electron chi connectivity index (χ3n) is 4.51. The van der Waals surface area contributed by atoms with Crippen LogP contribution in [0.2, 0.25) is 0 Å². The molecular formula is C23H33FIN3O3. The molecule has 2 N–H and O–H groups in total. The summed E-state index contributed by atoms with van der Waals surface area (Å²) in [6.07, 6.45) is 0. The minimum absolute atomic E-state index is 0. The lowest BCUT2D eigenvalue weighted by Gasteiger charge is -2.20. The monoisotopic (exact) mass is 545 g/mol. The predicted octanol–water partition coefficient (Wildman–Crippen LogP) is 4.81. The van der Waals surface area contributed by atoms with E-state index in [1.807, 2.05) is 39.0 Å². The third kappa shape index (κ3) is 8.17. The van der Waals surface area contributed by atoms with Crippen molar-refractivity contribution in [3.05, 3.63) is 58.9 Å². The Morgan fingerprint density at radius 3 is 2.42 bits per heavy atom. The summed E-state index contributed by atoms with van der Waals surface area (Å²) in [6.45, 7) is 7.84. The molecule has 2 aromatic rings. The van der Waals surface area contributed by atoms with Crippen LogP contribution in [0, 0.1) is 5.82 Å². The Bertz CT molecular complexity index is 849. The molecule has 31 heavy (non-hydrogen) atoms. The van der Waals surface area contributed by atoms with Gasteiger partial charge in [0.25, 0.3) is 0 Å². The summed E-state index contributed by atoms with van der Waals surface area (Å²) >= 11 is 0. The number of nitrogens with zero attached hydrogens (tertiary/aromatic N) is 1. The highest BCUT2D eigenvalue weighted by Gasteiger charge is 2.13. The van der Waals surface area contributed by atoms with Gasteiger partial charge in [-0.05, 0) is 56.2 Å². The lowest BCUT2D eigenvalue weighted by atomic mass is 10.1. The van der Waals surface area contributed by atoms with E-state index >= 15 is 0 Å². The van der Waals surface area contributed by atoms with Gasteiger partial charge >= 0.3 is 0 Å². The maximum absolute atomic E-state index is 13.8. The van der Waals surface area contributed by atoms with Crippen molar-refractivity contribution in [1.29, 1.82) is 0 Å². The van der Waals surface area contributed by atoms with E-state index in [-0.39, 0.29) is 42.4 Å². The first-order valence-electron chi connectivity index (χ1n) is 10.1. The van der Waals surface area contributed by atoms with Crippen LogP contribution in [0.1, 0.15) is 43.5 Å². The van der Waals surface area contributed by atoms with Gasteiger partial charge in [0.15, 0.2) is 17.5 Å². The van der Waals surface area contributed by atoms with Crippen LogP contribution < -0.4 is 20.1 Å². The fourth-order valence-corrected chi connectivity index (χ4v) is 3.01. The number of benzene rings is 2. The van der Waals surface area contributed by atoms with Gasteiger partial charge in [-0.3, -0.25) is 4.99 Å². The van der Waals surface area contributed by atoms with Gasteiger partial charge in [0.1, 0.15) is 5.82 Å². The molecule has 0 spiro atoms. The van der Waals surface area contributed by atoms with Gasteiger partial charge in [-0.25, -0.2) is 4.39 Å². The molecule has 0 aliphatic rings. The zero-order chi connectivity index (χ0) is 21.9. The summed E-state index contributed by atoms with van der Waals surface area (Å²) < 4.78 is 30.2. The maximum Gasteiger partial charge on any atom is 0.191 e. The number of hydrogen-bond acceptors (Lipinski definition) is 4. The number of halogens is 2. The molecule has 0 aliphatic carbocycles. The zero-order valence-corrected chi connectivity index (χ0v) is 21.2. The molecule has 6 nitrogen and oxygen atoms in total. The van der Waals surface area contributed by atoms with Crippen LogP contribution in [0.3, 0.4) is 0 Å². The molecule has 1 unspecified atom stereocenters. The number of hydrogen-bond donors (Lipinski definition) is 2. The van der Waals surface area contributed by atoms with E-state index in [0.29, 0.717) is 31.3 Å². The normalized spacial score (nSPS) is 12.0. The van der Waals surface area contributed by atoms with Crippen LogP contribution in [-0.2, 0) is 17.9 Å². The van der Waals surface area contributed by atoms with E-state index in [4.69, 9.17) is 14.2 Å². The predicted molar refractivity (Wildman–Crippen MR) is 133 cm³/mol. The average Bonchev–Trinajstić information content (AvgIpc) is 2.74. The largest absolute Gasteiger partial charge is 0.490 e. The second-order valence-electron chi connectivity index (χ2n) is 6.72. The number of ether oxygens (including phenoxy) is 3. The van der Waals surface area contributed by atoms with Crippen molar-refractivity contribution in [2.45, 2.75) is 40.0 Å². The van der Waals surface area contributed by atoms with Crippen LogP contribution in [0.4, 0.5) is 4.39 Å². The molecule has 0 saturated carbocycles. The van der Waals surface area contributed by atoms with Crippen molar-refractivity contribution in [3.8, 4) is 11.5 Å². The second-order valence-corrected chi connectivity index (χ2v) is 6.72. The van der Waals surface area contributed by atoms with Crippen LogP contribution in [0.25, 0.3) is 0 Å². The number of rotatable bonds is 10. The van der Waals surface area contributed by atoms with E-state index in [2.05, 4.69) is 15.6 Å². The van der Waals surface area contributed by atoms with Crippen LogP contribution in [0.15, 0.2) is 41.4 Å². The maximum atomic E-state index is 13.8. The van der Waals surface area contributed by atoms with Gasteiger partial charge in [-0.2, -0.15) is 0 Å². The SMILES string of the molecule is CCOc1ccc(C(C)NC(=NC)NCc2ccc(F)c(COC)c2)cc1OCC.I. The summed E-state index contributed by atoms with van der Waals surface area (Å²) in [6, 6.07) is 10.9. The smallest absolute Gasteiger partial charge is 0.191 e. The zero-order valence-electron chi connectivity index (χ0n) is 18.8. The molecule has 0 aliphatic heterocycles. The summed E-state index contributed by atoms with van der Waals surface area (Å²) in [4.78, 5) is 4.29. The first-order valence-corrected chi connectivity index (χ1v) is 10.1. The Morgan fingerprint density at radius 1 is 1.06 bits per heavy atom. The molecule has 0 saturated heterocycles. The lowest BCUT2D eigenvalue weighted by molar-refractivity contribution is 0.181. The Morgan fingerprint density at radius 2 is 1.77 bits per heavy atom. The van der Waals surface area contributed by atoms with Crippen molar-refractivity contribution in [3.63, 3.8) is 0 Å². The fraction of sp³-hybridized carbons (Fsp3) is 0.435. The minimum atomic E-state index is -0.266. The van der Waals surface area contributed by atoms with E-state index in [0.717, 1.165) is 22.6 Å². The molecule has 0 amide bonds. The van der Waals surface area contributed by atoms with E-state index in [1.54, 1.807) is 26.3 Å². The molecule has 2 aromatic carbocycles. The minimum Gasteiger partial charge on any atom is -0.490 e. The first kappa shape index (κ1) is 27.0. The van der Waals surface area contributed by atoms with Crippen molar-refractivity contribution >= 4 is 29.9 Å². The topological polar surface area (TPSA) is 64.1 Å². The number of methoxy groups -OCH3 is 1. The first-order chi connectivity index (χ1) is 14.5. The van der Waals surface area contributed by atoms with Crippen LogP contribution in [0.5, 0.6) is 11.5 Å². The third-order valence-corrected chi connectivity index (χ3v) is 4.51. The molecule has 8 heteroatoms. The summed E-state index contributed by atoms with van der Waals surface area (Å²) in [5.74, 6) is 1.84. The summed E-state index contributed by atoms with van der Waals surface area (Å²) in [5.41, 5.74) is 2.53. The molecule has 2 rings (SSSR count). The van der Waals surface area contributed by atoms with Crippen molar-refractivity contribution < 1.29 is 18.6 Å². The number of aliphatic imine (C=N–C) groups is 1. The Balaban J connectivity index is 0.00000480.